The number of nitrogens with zero attached hydrogens (tertiary/aromatic N) is 3. The minimum absolute atomic E-state index is 0.360. The van der Waals surface area contributed by atoms with Crippen molar-refractivity contribution in [1.29, 1.82) is 0 Å². The first kappa shape index (κ1) is 20.7. The summed E-state index contributed by atoms with van der Waals surface area (Å²) in [6.07, 6.45) is 5.86. The van der Waals surface area contributed by atoms with Crippen LogP contribution in [0.3, 0.4) is 0 Å². The van der Waals surface area contributed by atoms with E-state index >= 15 is 0 Å². The Hall–Kier alpha value is -3.18. The average molecular weight is 427 g/mol. The number of hydrogen-bond donors (Lipinski definition) is 1. The summed E-state index contributed by atoms with van der Waals surface area (Å²) in [5.41, 5.74) is 6.93. The Morgan fingerprint density at radius 1 is 1.03 bits per heavy atom. The maximum atomic E-state index is 5.55. The van der Waals surface area contributed by atoms with Gasteiger partial charge in [-0.15, -0.1) is 0 Å². The summed E-state index contributed by atoms with van der Waals surface area (Å²) >= 11 is 0. The molecular weight excluding hydrogens is 396 g/mol. The van der Waals surface area contributed by atoms with Crippen molar-refractivity contribution in [2.24, 2.45) is 0 Å². The van der Waals surface area contributed by atoms with Gasteiger partial charge in [0.25, 0.3) is 0 Å². The third-order valence-electron chi connectivity index (χ3n) is 6.29. The molecule has 2 aromatic carbocycles. The Kier molecular flexibility index (Phi) is 5.66. The van der Waals surface area contributed by atoms with Gasteiger partial charge in [0.05, 0.1) is 5.39 Å². The van der Waals surface area contributed by atoms with Crippen LogP contribution >= 0.6 is 0 Å². The molecule has 0 aliphatic carbocycles. The molecule has 0 saturated carbocycles. The van der Waals surface area contributed by atoms with E-state index in [1.807, 2.05) is 0 Å². The summed E-state index contributed by atoms with van der Waals surface area (Å²) in [4.78, 5) is 9.42. The van der Waals surface area contributed by atoms with E-state index in [-0.39, 0.29) is 0 Å². The lowest BCUT2D eigenvalue weighted by molar-refractivity contribution is 0.0904. The summed E-state index contributed by atoms with van der Waals surface area (Å²) in [6.45, 7) is 8.17. The lowest BCUT2D eigenvalue weighted by Crippen LogP contribution is -2.28. The highest BCUT2D eigenvalue weighted by Crippen LogP contribution is 2.37. The van der Waals surface area contributed by atoms with Crippen molar-refractivity contribution in [3.63, 3.8) is 0 Å². The van der Waals surface area contributed by atoms with Crippen LogP contribution in [0.25, 0.3) is 27.8 Å². The molecule has 0 unspecified atom stereocenters. The molecule has 5 heteroatoms. The van der Waals surface area contributed by atoms with Gasteiger partial charge in [-0.3, -0.25) is 0 Å². The monoisotopic (exact) mass is 426 g/mol. The minimum Gasteiger partial charge on any atom is -0.381 e. The number of anilines is 1. The third kappa shape index (κ3) is 4.00. The fourth-order valence-electron chi connectivity index (χ4n) is 4.47. The van der Waals surface area contributed by atoms with Gasteiger partial charge in [0, 0.05) is 36.7 Å². The lowest BCUT2D eigenvalue weighted by atomic mass is 9.97. The molecule has 5 nitrogen and oxygen atoms in total. The lowest BCUT2D eigenvalue weighted by Gasteiger charge is -2.24. The highest BCUT2D eigenvalue weighted by molar-refractivity contribution is 6.02. The molecule has 4 aromatic rings. The van der Waals surface area contributed by atoms with Gasteiger partial charge in [0.1, 0.15) is 12.1 Å². The number of fused-ring (bicyclic) bond motifs is 1. The second-order valence-electron chi connectivity index (χ2n) is 8.98. The Balaban J connectivity index is 1.71. The van der Waals surface area contributed by atoms with Crippen LogP contribution < -0.4 is 5.32 Å². The standard InChI is InChI=1S/C27H30N4O/c1-18(2)20-7-5-8-21(15-20)24-16-31(23-9-4-6-19(3)14-23)27-25(24)26(28-17-29-27)30-22-10-12-32-13-11-22/h4-9,14-18,22H,10-13H2,1-3H3,(H,28,29,30). The van der Waals surface area contributed by atoms with Crippen LogP contribution in [0.15, 0.2) is 61.1 Å². The SMILES string of the molecule is Cc1cccc(-n2cc(-c3cccc(C(C)C)c3)c3c(NC4CCOCC4)ncnc32)c1. The zero-order valence-corrected chi connectivity index (χ0v) is 19.0. The van der Waals surface area contributed by atoms with Crippen molar-refractivity contribution in [1.82, 2.24) is 14.5 Å². The van der Waals surface area contributed by atoms with Crippen molar-refractivity contribution < 1.29 is 4.74 Å². The van der Waals surface area contributed by atoms with E-state index in [9.17, 15) is 0 Å². The molecule has 5 rings (SSSR count). The summed E-state index contributed by atoms with van der Waals surface area (Å²) in [7, 11) is 0. The van der Waals surface area contributed by atoms with Crippen molar-refractivity contribution in [3.8, 4) is 16.8 Å². The highest BCUT2D eigenvalue weighted by Gasteiger charge is 2.21. The van der Waals surface area contributed by atoms with Gasteiger partial charge in [0.15, 0.2) is 5.65 Å². The number of aromatic nitrogens is 3. The largest absolute Gasteiger partial charge is 0.381 e. The molecule has 1 aliphatic rings. The molecule has 0 bridgehead atoms. The van der Waals surface area contributed by atoms with Crippen molar-refractivity contribution in [2.45, 2.75) is 45.6 Å². The van der Waals surface area contributed by atoms with Gasteiger partial charge in [-0.2, -0.15) is 0 Å². The molecule has 1 saturated heterocycles. The predicted octanol–water partition coefficient (Wildman–Crippen LogP) is 6.11. The molecule has 0 radical (unpaired) electrons. The van der Waals surface area contributed by atoms with Crippen LogP contribution in [-0.2, 0) is 4.74 Å². The third-order valence-corrected chi connectivity index (χ3v) is 6.29. The molecule has 3 heterocycles. The zero-order chi connectivity index (χ0) is 22.1. The van der Waals surface area contributed by atoms with Crippen LogP contribution in [0.5, 0.6) is 0 Å². The average Bonchev–Trinajstić information content (AvgIpc) is 3.21. The summed E-state index contributed by atoms with van der Waals surface area (Å²) < 4.78 is 7.74. The van der Waals surface area contributed by atoms with Crippen molar-refractivity contribution >= 4 is 16.9 Å². The molecule has 2 aromatic heterocycles. The Morgan fingerprint density at radius 2 is 1.84 bits per heavy atom. The normalized spacial score (nSPS) is 14.9. The molecular formula is C27H30N4O. The first-order valence-electron chi connectivity index (χ1n) is 11.5. The predicted molar refractivity (Wildman–Crippen MR) is 131 cm³/mol. The van der Waals surface area contributed by atoms with E-state index in [0.717, 1.165) is 54.2 Å². The summed E-state index contributed by atoms with van der Waals surface area (Å²) in [6, 6.07) is 17.7. The van der Waals surface area contributed by atoms with Gasteiger partial charge in [-0.25, -0.2) is 9.97 Å². The Morgan fingerprint density at radius 3 is 2.62 bits per heavy atom. The number of aryl methyl sites for hydroxylation is 1. The number of benzene rings is 2. The van der Waals surface area contributed by atoms with Crippen LogP contribution in [0.1, 0.15) is 43.7 Å². The highest BCUT2D eigenvalue weighted by atomic mass is 16.5. The van der Waals surface area contributed by atoms with E-state index in [1.165, 1.54) is 16.7 Å². The second-order valence-corrected chi connectivity index (χ2v) is 8.98. The minimum atomic E-state index is 0.360. The van der Waals surface area contributed by atoms with Gasteiger partial charge >= 0.3 is 0 Å². The van der Waals surface area contributed by atoms with E-state index in [1.54, 1.807) is 6.33 Å². The Bertz CT molecular complexity index is 1240. The molecule has 164 valence electrons. The van der Waals surface area contributed by atoms with Crippen LogP contribution in [0.2, 0.25) is 0 Å². The van der Waals surface area contributed by atoms with Crippen LogP contribution in [0, 0.1) is 6.92 Å². The zero-order valence-electron chi connectivity index (χ0n) is 19.0. The number of ether oxygens (including phenoxy) is 1. The quantitative estimate of drug-likeness (QED) is 0.418. The topological polar surface area (TPSA) is 52.0 Å². The number of rotatable bonds is 5. The molecule has 1 N–H and O–H groups in total. The van der Waals surface area contributed by atoms with E-state index in [0.29, 0.717) is 12.0 Å². The first-order chi connectivity index (χ1) is 15.6. The molecule has 0 atom stereocenters. The molecule has 0 amide bonds. The first-order valence-corrected chi connectivity index (χ1v) is 11.5. The number of hydrogen-bond acceptors (Lipinski definition) is 4. The second kappa shape index (κ2) is 8.75. The van der Waals surface area contributed by atoms with E-state index < -0.39 is 0 Å². The molecule has 1 aliphatic heterocycles. The summed E-state index contributed by atoms with van der Waals surface area (Å²) in [5.74, 6) is 1.37. The van der Waals surface area contributed by atoms with Crippen molar-refractivity contribution in [3.05, 3.63) is 72.2 Å². The Labute approximate surface area is 189 Å². The number of nitrogens with one attached hydrogen (secondary N) is 1. The smallest absolute Gasteiger partial charge is 0.150 e. The van der Waals surface area contributed by atoms with Crippen LogP contribution in [-0.4, -0.2) is 33.8 Å². The fraction of sp³-hybridized carbons (Fsp3) is 0.333. The van der Waals surface area contributed by atoms with E-state index in [2.05, 4.69) is 85.4 Å². The van der Waals surface area contributed by atoms with Gasteiger partial charge in [-0.05, 0) is 54.5 Å². The maximum Gasteiger partial charge on any atom is 0.150 e. The fourth-order valence-corrected chi connectivity index (χ4v) is 4.47. The molecule has 1 fully saturated rings. The molecule has 32 heavy (non-hydrogen) atoms. The van der Waals surface area contributed by atoms with Gasteiger partial charge < -0.3 is 14.6 Å². The molecule has 0 spiro atoms. The van der Waals surface area contributed by atoms with Crippen molar-refractivity contribution in [2.75, 3.05) is 18.5 Å². The van der Waals surface area contributed by atoms with Gasteiger partial charge in [0.2, 0.25) is 0 Å². The van der Waals surface area contributed by atoms with Gasteiger partial charge in [-0.1, -0.05) is 50.2 Å². The summed E-state index contributed by atoms with van der Waals surface area (Å²) in [5, 5.41) is 4.77. The maximum absolute atomic E-state index is 5.55. The van der Waals surface area contributed by atoms with E-state index in [4.69, 9.17) is 14.7 Å². The van der Waals surface area contributed by atoms with Crippen LogP contribution in [0.4, 0.5) is 5.82 Å².